The molecular weight excluding hydrogens is 232 g/mol. The fourth-order valence-electron chi connectivity index (χ4n) is 1.53. The zero-order chi connectivity index (χ0) is 13.5. The fraction of sp³-hybridized carbons (Fsp3) is 0.385. The van der Waals surface area contributed by atoms with Crippen molar-refractivity contribution in [3.8, 4) is 0 Å². The van der Waals surface area contributed by atoms with Crippen molar-refractivity contribution in [2.24, 2.45) is 0 Å². The molecule has 0 spiro atoms. The lowest BCUT2D eigenvalue weighted by Gasteiger charge is -2.12. The van der Waals surface area contributed by atoms with Crippen molar-refractivity contribution in [3.05, 3.63) is 23.8 Å². The number of rotatable bonds is 5. The fourth-order valence-corrected chi connectivity index (χ4v) is 1.53. The van der Waals surface area contributed by atoms with Gasteiger partial charge in [0, 0.05) is 6.42 Å². The van der Waals surface area contributed by atoms with Crippen LogP contribution in [0.3, 0.4) is 0 Å². The molecule has 1 aromatic rings. The number of nitrogens with one attached hydrogen (secondary N) is 1. The minimum atomic E-state index is -0.520. The third-order valence-electron chi connectivity index (χ3n) is 2.52. The van der Waals surface area contributed by atoms with Gasteiger partial charge in [0.15, 0.2) is 0 Å². The molecule has 5 heteroatoms. The molecule has 0 aromatic heterocycles. The first-order chi connectivity index (χ1) is 8.60. The Morgan fingerprint density at radius 3 is 2.72 bits per heavy atom. The maximum atomic E-state index is 11.7. The van der Waals surface area contributed by atoms with E-state index in [9.17, 15) is 9.59 Å². The summed E-state index contributed by atoms with van der Waals surface area (Å²) in [5.74, 6) is -0.673. The highest BCUT2D eigenvalue weighted by Gasteiger charge is 2.15. The average Bonchev–Trinajstić information content (AvgIpc) is 2.37. The van der Waals surface area contributed by atoms with Crippen molar-refractivity contribution in [3.63, 3.8) is 0 Å². The number of nitrogen functional groups attached to an aromatic ring is 1. The van der Waals surface area contributed by atoms with E-state index in [0.29, 0.717) is 17.8 Å². The van der Waals surface area contributed by atoms with Crippen molar-refractivity contribution in [2.75, 3.05) is 18.2 Å². The second kappa shape index (κ2) is 6.64. The molecule has 0 atom stereocenters. The molecule has 3 N–H and O–H groups in total. The van der Waals surface area contributed by atoms with Crippen LogP contribution in [0.5, 0.6) is 0 Å². The number of anilines is 2. The molecule has 0 saturated carbocycles. The van der Waals surface area contributed by atoms with E-state index in [1.165, 1.54) is 7.11 Å². The van der Waals surface area contributed by atoms with Gasteiger partial charge in [-0.25, -0.2) is 4.79 Å². The van der Waals surface area contributed by atoms with E-state index in [4.69, 9.17) is 5.73 Å². The monoisotopic (exact) mass is 250 g/mol. The van der Waals surface area contributed by atoms with Crippen LogP contribution in [-0.4, -0.2) is 19.0 Å². The van der Waals surface area contributed by atoms with Gasteiger partial charge in [0.25, 0.3) is 0 Å². The van der Waals surface area contributed by atoms with Gasteiger partial charge in [0.05, 0.1) is 24.0 Å². The Morgan fingerprint density at radius 2 is 2.11 bits per heavy atom. The van der Waals surface area contributed by atoms with Gasteiger partial charge >= 0.3 is 5.97 Å². The minimum Gasteiger partial charge on any atom is -0.465 e. The Morgan fingerprint density at radius 1 is 1.39 bits per heavy atom. The lowest BCUT2D eigenvalue weighted by molar-refractivity contribution is -0.116. The number of amides is 1. The van der Waals surface area contributed by atoms with Crippen LogP contribution in [0.4, 0.5) is 11.4 Å². The van der Waals surface area contributed by atoms with Crippen LogP contribution in [0.1, 0.15) is 36.5 Å². The number of benzene rings is 1. The third-order valence-corrected chi connectivity index (χ3v) is 2.52. The summed E-state index contributed by atoms with van der Waals surface area (Å²) >= 11 is 0. The third kappa shape index (κ3) is 3.48. The highest BCUT2D eigenvalue weighted by molar-refractivity contribution is 6.04. The van der Waals surface area contributed by atoms with Crippen LogP contribution in [0.2, 0.25) is 0 Å². The van der Waals surface area contributed by atoms with Gasteiger partial charge in [-0.3, -0.25) is 4.79 Å². The summed E-state index contributed by atoms with van der Waals surface area (Å²) in [5, 5.41) is 2.66. The number of para-hydroxylation sites is 1. The van der Waals surface area contributed by atoms with Crippen LogP contribution in [0.15, 0.2) is 18.2 Å². The van der Waals surface area contributed by atoms with E-state index in [1.54, 1.807) is 18.2 Å². The molecule has 0 aliphatic heterocycles. The lowest BCUT2D eigenvalue weighted by Crippen LogP contribution is -2.16. The molecule has 0 bridgehead atoms. The number of carbonyl (C=O) groups is 2. The zero-order valence-electron chi connectivity index (χ0n) is 10.7. The number of methoxy groups -OCH3 is 1. The van der Waals surface area contributed by atoms with Gasteiger partial charge in [-0.1, -0.05) is 19.4 Å². The maximum Gasteiger partial charge on any atom is 0.340 e. The molecule has 5 nitrogen and oxygen atoms in total. The molecule has 0 radical (unpaired) electrons. The van der Waals surface area contributed by atoms with Gasteiger partial charge in [-0.05, 0) is 18.6 Å². The van der Waals surface area contributed by atoms with Crippen LogP contribution in [0.25, 0.3) is 0 Å². The second-order valence-corrected chi connectivity index (χ2v) is 3.91. The van der Waals surface area contributed by atoms with E-state index >= 15 is 0 Å². The average molecular weight is 250 g/mol. The Balaban J connectivity index is 2.92. The van der Waals surface area contributed by atoms with Crippen molar-refractivity contribution in [1.29, 1.82) is 0 Å². The van der Waals surface area contributed by atoms with Gasteiger partial charge in [0.2, 0.25) is 5.91 Å². The quantitative estimate of drug-likeness (QED) is 0.620. The Bertz CT molecular complexity index is 444. The van der Waals surface area contributed by atoms with Crippen LogP contribution >= 0.6 is 0 Å². The molecule has 0 aliphatic carbocycles. The van der Waals surface area contributed by atoms with E-state index in [1.807, 2.05) is 6.92 Å². The smallest absolute Gasteiger partial charge is 0.340 e. The molecule has 98 valence electrons. The number of ether oxygens (including phenoxy) is 1. The van der Waals surface area contributed by atoms with E-state index in [0.717, 1.165) is 12.8 Å². The molecule has 1 rings (SSSR count). The van der Waals surface area contributed by atoms with Gasteiger partial charge in [0.1, 0.15) is 0 Å². The number of unbranched alkanes of at least 4 members (excludes halogenated alkanes) is 1. The van der Waals surface area contributed by atoms with Crippen LogP contribution < -0.4 is 11.1 Å². The summed E-state index contributed by atoms with van der Waals surface area (Å²) < 4.78 is 4.65. The van der Waals surface area contributed by atoms with Crippen molar-refractivity contribution < 1.29 is 14.3 Å². The highest BCUT2D eigenvalue weighted by atomic mass is 16.5. The summed E-state index contributed by atoms with van der Waals surface area (Å²) in [6.45, 7) is 2.00. The standard InChI is InChI=1S/C13H18N2O3/c1-3-4-8-11(16)15-12-9(13(17)18-2)6-5-7-10(12)14/h5-7H,3-4,8,14H2,1-2H3,(H,15,16). The second-order valence-electron chi connectivity index (χ2n) is 3.91. The van der Waals surface area contributed by atoms with Gasteiger partial charge < -0.3 is 15.8 Å². The molecule has 0 aliphatic rings. The van der Waals surface area contributed by atoms with E-state index in [-0.39, 0.29) is 11.5 Å². The highest BCUT2D eigenvalue weighted by Crippen LogP contribution is 2.24. The number of carbonyl (C=O) groups excluding carboxylic acids is 2. The number of hydrogen-bond acceptors (Lipinski definition) is 4. The normalized spacial score (nSPS) is 9.89. The predicted octanol–water partition coefficient (Wildman–Crippen LogP) is 2.18. The van der Waals surface area contributed by atoms with Gasteiger partial charge in [-0.2, -0.15) is 0 Å². The Labute approximate surface area is 106 Å². The maximum absolute atomic E-state index is 11.7. The van der Waals surface area contributed by atoms with Crippen molar-refractivity contribution in [1.82, 2.24) is 0 Å². The first kappa shape index (κ1) is 14.0. The number of hydrogen-bond donors (Lipinski definition) is 2. The number of esters is 1. The molecular formula is C13H18N2O3. The Kier molecular flexibility index (Phi) is 5.17. The van der Waals surface area contributed by atoms with E-state index in [2.05, 4.69) is 10.1 Å². The molecule has 0 saturated heterocycles. The van der Waals surface area contributed by atoms with Crippen LogP contribution in [0, 0.1) is 0 Å². The summed E-state index contributed by atoms with van der Waals surface area (Å²) in [7, 11) is 1.29. The minimum absolute atomic E-state index is 0.153. The summed E-state index contributed by atoms with van der Waals surface area (Å²) in [6, 6.07) is 4.84. The van der Waals surface area contributed by atoms with Gasteiger partial charge in [-0.15, -0.1) is 0 Å². The summed E-state index contributed by atoms with van der Waals surface area (Å²) in [6.07, 6.45) is 2.14. The Hall–Kier alpha value is -2.04. The molecule has 0 fully saturated rings. The molecule has 0 unspecified atom stereocenters. The van der Waals surface area contributed by atoms with Crippen molar-refractivity contribution in [2.45, 2.75) is 26.2 Å². The summed E-state index contributed by atoms with van der Waals surface area (Å²) in [5.41, 5.74) is 6.71. The van der Waals surface area contributed by atoms with E-state index < -0.39 is 5.97 Å². The largest absolute Gasteiger partial charge is 0.465 e. The SMILES string of the molecule is CCCCC(=O)Nc1c(N)cccc1C(=O)OC. The molecule has 0 heterocycles. The number of nitrogens with two attached hydrogens (primary N) is 1. The molecule has 1 amide bonds. The first-order valence-electron chi connectivity index (χ1n) is 5.86. The van der Waals surface area contributed by atoms with Crippen molar-refractivity contribution >= 4 is 23.3 Å². The van der Waals surface area contributed by atoms with Crippen LogP contribution in [-0.2, 0) is 9.53 Å². The topological polar surface area (TPSA) is 81.4 Å². The molecule has 18 heavy (non-hydrogen) atoms. The zero-order valence-corrected chi connectivity index (χ0v) is 10.7. The predicted molar refractivity (Wildman–Crippen MR) is 70.3 cm³/mol. The lowest BCUT2D eigenvalue weighted by atomic mass is 10.1. The molecule has 1 aromatic carbocycles. The summed E-state index contributed by atoms with van der Waals surface area (Å²) in [4.78, 5) is 23.2. The first-order valence-corrected chi connectivity index (χ1v) is 5.86.